The van der Waals surface area contributed by atoms with Crippen molar-refractivity contribution in [3.8, 4) is 0 Å². The molecule has 1 atom stereocenters. The van der Waals surface area contributed by atoms with Crippen LogP contribution in [0.25, 0.3) is 10.9 Å². The second-order valence-corrected chi connectivity index (χ2v) is 7.41. The van der Waals surface area contributed by atoms with Crippen LogP contribution in [-0.4, -0.2) is 53.4 Å². The zero-order valence-corrected chi connectivity index (χ0v) is 21.8. The summed E-state index contributed by atoms with van der Waals surface area (Å²) in [6.07, 6.45) is 7.22. The fraction of sp³-hybridized carbons (Fsp3) is 0.333. The van der Waals surface area contributed by atoms with E-state index in [-0.39, 0.29) is 17.6 Å². The maximum atomic E-state index is 12.2. The number of methoxy groups -OCH3 is 1. The van der Waals surface area contributed by atoms with Crippen LogP contribution in [0.3, 0.4) is 0 Å². The van der Waals surface area contributed by atoms with Crippen LogP contribution in [0.5, 0.6) is 0 Å². The number of aromatic nitrogens is 3. The predicted molar refractivity (Wildman–Crippen MR) is 144 cm³/mol. The number of aryl methyl sites for hydroxylation is 1. The number of pyridine rings is 1. The molecule has 1 aromatic carbocycles. The first-order chi connectivity index (χ1) is 16.8. The Balaban J connectivity index is 0.000000779. The summed E-state index contributed by atoms with van der Waals surface area (Å²) in [5.41, 5.74) is 1.90. The van der Waals surface area contributed by atoms with E-state index in [1.165, 1.54) is 11.8 Å². The Morgan fingerprint density at radius 3 is 2.40 bits per heavy atom. The minimum atomic E-state index is -0.363. The van der Waals surface area contributed by atoms with Crippen LogP contribution in [0.4, 0.5) is 5.82 Å². The summed E-state index contributed by atoms with van der Waals surface area (Å²) in [4.78, 5) is 30.3. The molecule has 0 bridgehead atoms. The monoisotopic (exact) mass is 479 g/mol. The number of carbonyl (C=O) groups is 1. The average molecular weight is 480 g/mol. The molecule has 0 radical (unpaired) electrons. The molecule has 188 valence electrons. The highest BCUT2D eigenvalue weighted by molar-refractivity contribution is 5.89. The standard InChI is InChI=1S/C20H23N5O3.C5H8.C2H6/c1-24(2)16(13-7-9-14(10-8-13)20(27)28-4)12-22-18-17-15(6-5-11-21-17)19(26)25(3)23-18;1-3-5-4-2;1-2/h5-11,16H,12H2,1-4H3,(H,22,23);3-5H,1H2,2H3;1-2H3/b;5-4+;. The number of fused-ring (bicyclic) bond motifs is 1. The first kappa shape index (κ1) is 29.3. The molecule has 0 aliphatic heterocycles. The third kappa shape index (κ3) is 8.19. The number of nitrogens with zero attached hydrogens (tertiary/aromatic N) is 4. The van der Waals surface area contributed by atoms with Gasteiger partial charge in [-0.25, -0.2) is 9.48 Å². The Bertz CT molecular complexity index is 1170. The van der Waals surface area contributed by atoms with E-state index in [2.05, 4.69) is 26.9 Å². The number of carbonyl (C=O) groups excluding carboxylic acids is 1. The van der Waals surface area contributed by atoms with Gasteiger partial charge in [0.05, 0.1) is 24.1 Å². The van der Waals surface area contributed by atoms with Gasteiger partial charge in [0.25, 0.3) is 5.56 Å². The van der Waals surface area contributed by atoms with Crippen LogP contribution in [0.1, 0.15) is 42.7 Å². The van der Waals surface area contributed by atoms with Crippen molar-refractivity contribution in [2.75, 3.05) is 33.1 Å². The van der Waals surface area contributed by atoms with E-state index < -0.39 is 0 Å². The maximum absolute atomic E-state index is 12.2. The molecule has 1 unspecified atom stereocenters. The third-order valence-electron chi connectivity index (χ3n) is 4.94. The number of hydrogen-bond donors (Lipinski definition) is 1. The molecule has 3 rings (SSSR count). The first-order valence-corrected chi connectivity index (χ1v) is 11.5. The van der Waals surface area contributed by atoms with Crippen molar-refractivity contribution in [1.82, 2.24) is 19.7 Å². The molecule has 0 spiro atoms. The SMILES string of the molecule is C=C/C=C/C.CC.COC(=O)c1ccc(C(CNc2nn(C)c(=O)c3cccnc23)N(C)C)cc1. The van der Waals surface area contributed by atoms with Crippen molar-refractivity contribution in [3.63, 3.8) is 0 Å². The molecule has 8 nitrogen and oxygen atoms in total. The van der Waals surface area contributed by atoms with Crippen molar-refractivity contribution in [1.29, 1.82) is 0 Å². The Morgan fingerprint density at radius 1 is 1.23 bits per heavy atom. The second-order valence-electron chi connectivity index (χ2n) is 7.41. The van der Waals surface area contributed by atoms with E-state index in [1.54, 1.807) is 43.6 Å². The van der Waals surface area contributed by atoms with E-state index >= 15 is 0 Å². The number of allylic oxidation sites excluding steroid dienone is 3. The number of ether oxygens (including phenoxy) is 1. The highest BCUT2D eigenvalue weighted by Crippen LogP contribution is 2.21. The van der Waals surface area contributed by atoms with Gasteiger partial charge in [0.2, 0.25) is 0 Å². The topological polar surface area (TPSA) is 89.3 Å². The summed E-state index contributed by atoms with van der Waals surface area (Å²) < 4.78 is 6.05. The lowest BCUT2D eigenvalue weighted by atomic mass is 10.0. The number of anilines is 1. The third-order valence-corrected chi connectivity index (χ3v) is 4.94. The molecule has 2 heterocycles. The largest absolute Gasteiger partial charge is 0.465 e. The van der Waals surface area contributed by atoms with Crippen LogP contribution < -0.4 is 10.9 Å². The number of likely N-dealkylation sites (N-methyl/N-ethyl adjacent to an activating group) is 1. The molecule has 0 saturated heterocycles. The molecular weight excluding hydrogens is 442 g/mol. The molecule has 8 heteroatoms. The van der Waals surface area contributed by atoms with E-state index in [4.69, 9.17) is 4.74 Å². The number of rotatable bonds is 7. The van der Waals surface area contributed by atoms with Gasteiger partial charge in [-0.3, -0.25) is 9.78 Å². The summed E-state index contributed by atoms with van der Waals surface area (Å²) in [5, 5.41) is 8.16. The second kappa shape index (κ2) is 15.2. The van der Waals surface area contributed by atoms with E-state index in [0.29, 0.717) is 28.8 Å². The smallest absolute Gasteiger partial charge is 0.337 e. The van der Waals surface area contributed by atoms with Crippen LogP contribution >= 0.6 is 0 Å². The highest BCUT2D eigenvalue weighted by Gasteiger charge is 2.17. The zero-order valence-electron chi connectivity index (χ0n) is 21.8. The Labute approximate surface area is 207 Å². The molecule has 35 heavy (non-hydrogen) atoms. The number of hydrogen-bond acceptors (Lipinski definition) is 7. The van der Waals surface area contributed by atoms with E-state index in [1.807, 2.05) is 59.2 Å². The molecular formula is C27H37N5O3. The van der Waals surface area contributed by atoms with Crippen molar-refractivity contribution in [3.05, 3.63) is 88.9 Å². The fourth-order valence-corrected chi connectivity index (χ4v) is 3.19. The molecule has 3 aromatic rings. The van der Waals surface area contributed by atoms with Crippen molar-refractivity contribution < 1.29 is 9.53 Å². The van der Waals surface area contributed by atoms with Crippen molar-refractivity contribution in [2.24, 2.45) is 7.05 Å². The Morgan fingerprint density at radius 2 is 1.89 bits per heavy atom. The first-order valence-electron chi connectivity index (χ1n) is 11.5. The fourth-order valence-electron chi connectivity index (χ4n) is 3.19. The molecule has 0 fully saturated rings. The summed E-state index contributed by atoms with van der Waals surface area (Å²) in [6, 6.07) is 10.8. The van der Waals surface area contributed by atoms with Gasteiger partial charge in [0.1, 0.15) is 5.52 Å². The minimum absolute atomic E-state index is 0.0180. The Hall–Kier alpha value is -3.78. The normalized spacial score (nSPS) is 11.2. The van der Waals surface area contributed by atoms with Gasteiger partial charge in [-0.05, 0) is 50.8 Å². The molecule has 0 amide bonds. The van der Waals surface area contributed by atoms with Gasteiger partial charge in [-0.15, -0.1) is 0 Å². The average Bonchev–Trinajstić information content (AvgIpc) is 2.88. The van der Waals surface area contributed by atoms with Gasteiger partial charge < -0.3 is 15.0 Å². The van der Waals surface area contributed by atoms with Crippen molar-refractivity contribution in [2.45, 2.75) is 26.8 Å². The molecule has 0 aliphatic carbocycles. The van der Waals surface area contributed by atoms with Gasteiger partial charge in [0.15, 0.2) is 5.82 Å². The highest BCUT2D eigenvalue weighted by atomic mass is 16.5. The summed E-state index contributed by atoms with van der Waals surface area (Å²) in [7, 11) is 6.94. The number of benzene rings is 1. The quantitative estimate of drug-likeness (QED) is 0.391. The van der Waals surface area contributed by atoms with Crippen molar-refractivity contribution >= 4 is 22.7 Å². The van der Waals surface area contributed by atoms with Gasteiger partial charge >= 0.3 is 5.97 Å². The lowest BCUT2D eigenvalue weighted by Gasteiger charge is -2.25. The van der Waals surface area contributed by atoms with Crippen LogP contribution in [0.2, 0.25) is 0 Å². The van der Waals surface area contributed by atoms with Gasteiger partial charge in [-0.1, -0.05) is 50.8 Å². The molecule has 2 aromatic heterocycles. The lowest BCUT2D eigenvalue weighted by molar-refractivity contribution is 0.0600. The molecule has 1 N–H and O–H groups in total. The number of esters is 1. The number of nitrogens with one attached hydrogen (secondary N) is 1. The minimum Gasteiger partial charge on any atom is -0.465 e. The van der Waals surface area contributed by atoms with E-state index in [9.17, 15) is 9.59 Å². The van der Waals surface area contributed by atoms with E-state index in [0.717, 1.165) is 5.56 Å². The van der Waals surface area contributed by atoms with Crippen LogP contribution in [0, 0.1) is 0 Å². The van der Waals surface area contributed by atoms with Gasteiger partial charge in [-0.2, -0.15) is 5.10 Å². The molecule has 0 aliphatic rings. The Kier molecular flexibility index (Phi) is 12.7. The lowest BCUT2D eigenvalue weighted by Crippen LogP contribution is -2.28. The van der Waals surface area contributed by atoms with Crippen LogP contribution in [0.15, 0.2) is 72.2 Å². The zero-order chi connectivity index (χ0) is 26.4. The van der Waals surface area contributed by atoms with Gasteiger partial charge in [0, 0.05) is 19.8 Å². The molecule has 0 saturated carbocycles. The maximum Gasteiger partial charge on any atom is 0.337 e. The van der Waals surface area contributed by atoms with Crippen LogP contribution in [-0.2, 0) is 11.8 Å². The summed E-state index contributed by atoms with van der Waals surface area (Å²) in [5.74, 6) is 0.189. The summed E-state index contributed by atoms with van der Waals surface area (Å²) in [6.45, 7) is 9.97. The predicted octanol–water partition coefficient (Wildman–Crippen LogP) is 4.60. The summed E-state index contributed by atoms with van der Waals surface area (Å²) >= 11 is 0.